The minimum atomic E-state index is 0.137. The van der Waals surface area contributed by atoms with Crippen LogP contribution in [-0.2, 0) is 16.6 Å². The molecule has 1 fully saturated rings. The van der Waals surface area contributed by atoms with Gasteiger partial charge in [-0.25, -0.2) is 9.97 Å². The van der Waals surface area contributed by atoms with Gasteiger partial charge in [0.1, 0.15) is 0 Å². The van der Waals surface area contributed by atoms with Crippen LogP contribution in [0.1, 0.15) is 31.9 Å². The van der Waals surface area contributed by atoms with E-state index in [2.05, 4.69) is 59.9 Å². The van der Waals surface area contributed by atoms with Crippen molar-refractivity contribution in [2.45, 2.75) is 32.6 Å². The van der Waals surface area contributed by atoms with E-state index in [1.54, 1.807) is 12.4 Å². The van der Waals surface area contributed by atoms with Crippen LogP contribution < -0.4 is 4.90 Å². The third-order valence-electron chi connectivity index (χ3n) is 4.64. The second kappa shape index (κ2) is 7.21. The number of anilines is 1. The Balaban J connectivity index is 1.54. The van der Waals surface area contributed by atoms with E-state index >= 15 is 0 Å². The van der Waals surface area contributed by atoms with Crippen molar-refractivity contribution in [3.63, 3.8) is 0 Å². The van der Waals surface area contributed by atoms with Gasteiger partial charge in [-0.3, -0.25) is 4.79 Å². The minimum Gasteiger partial charge on any atom is -0.339 e. The molecule has 1 aliphatic heterocycles. The number of hydrogen-bond donors (Lipinski definition) is 0. The summed E-state index contributed by atoms with van der Waals surface area (Å²) in [4.78, 5) is 25.2. The van der Waals surface area contributed by atoms with Crippen molar-refractivity contribution in [3.8, 4) is 0 Å². The van der Waals surface area contributed by atoms with Gasteiger partial charge in [0.2, 0.25) is 11.9 Å². The van der Waals surface area contributed by atoms with Gasteiger partial charge in [-0.05, 0) is 22.6 Å². The molecule has 1 saturated heterocycles. The Bertz CT molecular complexity index is 699. The van der Waals surface area contributed by atoms with Crippen molar-refractivity contribution in [2.24, 2.45) is 0 Å². The first-order chi connectivity index (χ1) is 11.9. The molecule has 0 radical (unpaired) electrons. The maximum atomic E-state index is 12.6. The molecule has 132 valence electrons. The van der Waals surface area contributed by atoms with E-state index in [9.17, 15) is 4.79 Å². The first-order valence-electron chi connectivity index (χ1n) is 8.83. The first-order valence-corrected chi connectivity index (χ1v) is 8.83. The zero-order chi connectivity index (χ0) is 17.9. The lowest BCUT2D eigenvalue weighted by atomic mass is 9.86. The maximum Gasteiger partial charge on any atom is 0.227 e. The van der Waals surface area contributed by atoms with Crippen LogP contribution >= 0.6 is 0 Å². The molecule has 5 heteroatoms. The molecule has 0 atom stereocenters. The number of nitrogens with zero attached hydrogens (tertiary/aromatic N) is 4. The summed E-state index contributed by atoms with van der Waals surface area (Å²) in [6.07, 6.45) is 3.97. The molecular formula is C20H26N4O. The Labute approximate surface area is 149 Å². The molecule has 1 aromatic heterocycles. The third kappa shape index (κ3) is 4.35. The normalized spacial score (nSPS) is 15.3. The number of carbonyl (C=O) groups is 1. The molecule has 0 bridgehead atoms. The van der Waals surface area contributed by atoms with E-state index in [4.69, 9.17) is 0 Å². The van der Waals surface area contributed by atoms with Crippen molar-refractivity contribution >= 4 is 11.9 Å². The van der Waals surface area contributed by atoms with Crippen LogP contribution in [0.2, 0.25) is 0 Å². The molecule has 1 amide bonds. The van der Waals surface area contributed by atoms with E-state index in [1.807, 2.05) is 11.0 Å². The van der Waals surface area contributed by atoms with Gasteiger partial charge in [-0.1, -0.05) is 45.0 Å². The van der Waals surface area contributed by atoms with Crippen LogP contribution in [0.15, 0.2) is 42.7 Å². The van der Waals surface area contributed by atoms with Crippen molar-refractivity contribution in [1.82, 2.24) is 14.9 Å². The number of amides is 1. The topological polar surface area (TPSA) is 49.3 Å². The number of benzene rings is 1. The molecule has 0 saturated carbocycles. The fourth-order valence-electron chi connectivity index (χ4n) is 3.02. The summed E-state index contributed by atoms with van der Waals surface area (Å²) in [5.41, 5.74) is 2.50. The quantitative estimate of drug-likeness (QED) is 0.863. The Morgan fingerprint density at radius 1 is 1.00 bits per heavy atom. The van der Waals surface area contributed by atoms with E-state index in [0.29, 0.717) is 6.42 Å². The lowest BCUT2D eigenvalue weighted by Crippen LogP contribution is -2.49. The zero-order valence-electron chi connectivity index (χ0n) is 15.3. The van der Waals surface area contributed by atoms with Crippen molar-refractivity contribution in [1.29, 1.82) is 0 Å². The van der Waals surface area contributed by atoms with Crippen molar-refractivity contribution in [2.75, 3.05) is 31.1 Å². The van der Waals surface area contributed by atoms with E-state index < -0.39 is 0 Å². The molecule has 0 unspecified atom stereocenters. The maximum absolute atomic E-state index is 12.6. The number of aromatic nitrogens is 2. The highest BCUT2D eigenvalue weighted by atomic mass is 16.2. The van der Waals surface area contributed by atoms with Crippen LogP contribution in [0.5, 0.6) is 0 Å². The van der Waals surface area contributed by atoms with Gasteiger partial charge in [-0.2, -0.15) is 0 Å². The molecule has 2 aromatic rings. The van der Waals surface area contributed by atoms with Crippen molar-refractivity contribution < 1.29 is 4.79 Å². The highest BCUT2D eigenvalue weighted by molar-refractivity contribution is 5.79. The molecule has 0 aliphatic carbocycles. The Kier molecular flexibility index (Phi) is 5.02. The number of carbonyl (C=O) groups excluding carboxylic acids is 1. The number of piperazine rings is 1. The summed E-state index contributed by atoms with van der Waals surface area (Å²) in [6, 6.07) is 10.2. The first kappa shape index (κ1) is 17.4. The smallest absolute Gasteiger partial charge is 0.227 e. The SMILES string of the molecule is CC(C)(C)c1ccc(CC(=O)N2CCN(c3ncccn3)CC2)cc1. The monoisotopic (exact) mass is 338 g/mol. The summed E-state index contributed by atoms with van der Waals surface area (Å²) in [5, 5.41) is 0. The fraction of sp³-hybridized carbons (Fsp3) is 0.450. The minimum absolute atomic E-state index is 0.137. The molecule has 0 N–H and O–H groups in total. The van der Waals surface area contributed by atoms with Gasteiger partial charge < -0.3 is 9.80 Å². The molecule has 1 aromatic carbocycles. The van der Waals surface area contributed by atoms with Gasteiger partial charge in [0.15, 0.2) is 0 Å². The van der Waals surface area contributed by atoms with Gasteiger partial charge in [0.05, 0.1) is 6.42 Å². The molecule has 25 heavy (non-hydrogen) atoms. The van der Waals surface area contributed by atoms with Crippen LogP contribution in [0.25, 0.3) is 0 Å². The van der Waals surface area contributed by atoms with Gasteiger partial charge in [0.25, 0.3) is 0 Å². The molecule has 0 spiro atoms. The van der Waals surface area contributed by atoms with Gasteiger partial charge in [-0.15, -0.1) is 0 Å². The van der Waals surface area contributed by atoms with Crippen LogP contribution in [0.3, 0.4) is 0 Å². The predicted molar refractivity (Wildman–Crippen MR) is 99.7 cm³/mol. The van der Waals surface area contributed by atoms with E-state index in [0.717, 1.165) is 37.7 Å². The van der Waals surface area contributed by atoms with Crippen LogP contribution in [-0.4, -0.2) is 47.0 Å². The lowest BCUT2D eigenvalue weighted by molar-refractivity contribution is -0.130. The number of hydrogen-bond acceptors (Lipinski definition) is 4. The summed E-state index contributed by atoms with van der Waals surface area (Å²) in [6.45, 7) is 9.58. The van der Waals surface area contributed by atoms with Crippen LogP contribution in [0, 0.1) is 0 Å². The average molecular weight is 338 g/mol. The molecule has 2 heterocycles. The summed E-state index contributed by atoms with van der Waals surface area (Å²) < 4.78 is 0. The highest BCUT2D eigenvalue weighted by Gasteiger charge is 2.22. The Morgan fingerprint density at radius 3 is 2.16 bits per heavy atom. The predicted octanol–water partition coefficient (Wildman–Crippen LogP) is 2.67. The largest absolute Gasteiger partial charge is 0.339 e. The van der Waals surface area contributed by atoms with Crippen LogP contribution in [0.4, 0.5) is 5.95 Å². The summed E-state index contributed by atoms with van der Waals surface area (Å²) in [5.74, 6) is 0.935. The highest BCUT2D eigenvalue weighted by Crippen LogP contribution is 2.22. The van der Waals surface area contributed by atoms with E-state index in [-0.39, 0.29) is 11.3 Å². The standard InChI is InChI=1S/C20H26N4O/c1-20(2,3)17-7-5-16(6-8-17)15-18(25)23-11-13-24(14-12-23)19-21-9-4-10-22-19/h4-10H,11-15H2,1-3H3. The molecular weight excluding hydrogens is 312 g/mol. The summed E-state index contributed by atoms with van der Waals surface area (Å²) >= 11 is 0. The Hall–Kier alpha value is -2.43. The number of rotatable bonds is 3. The summed E-state index contributed by atoms with van der Waals surface area (Å²) in [7, 11) is 0. The van der Waals surface area contributed by atoms with E-state index in [1.165, 1.54) is 5.56 Å². The second-order valence-electron chi connectivity index (χ2n) is 7.54. The average Bonchev–Trinajstić information content (AvgIpc) is 2.62. The lowest BCUT2D eigenvalue weighted by Gasteiger charge is -2.34. The molecule has 3 rings (SSSR count). The fourth-order valence-corrected chi connectivity index (χ4v) is 3.02. The third-order valence-corrected chi connectivity index (χ3v) is 4.64. The Morgan fingerprint density at radius 2 is 1.60 bits per heavy atom. The second-order valence-corrected chi connectivity index (χ2v) is 7.54. The molecule has 5 nitrogen and oxygen atoms in total. The zero-order valence-corrected chi connectivity index (χ0v) is 15.3. The van der Waals surface area contributed by atoms with Gasteiger partial charge in [0, 0.05) is 38.6 Å². The van der Waals surface area contributed by atoms with Crippen molar-refractivity contribution in [3.05, 3.63) is 53.9 Å². The molecule has 1 aliphatic rings. The van der Waals surface area contributed by atoms with Gasteiger partial charge >= 0.3 is 0 Å².